The molecule has 138 valence electrons. The number of hydrogen-bond donors (Lipinski definition) is 2. The zero-order chi connectivity index (χ0) is 18.0. The Kier molecular flexibility index (Phi) is 5.27. The zero-order valence-corrected chi connectivity index (χ0v) is 15.0. The largest absolute Gasteiger partial charge is 0.387 e. The highest BCUT2D eigenvalue weighted by atomic mass is 16.5. The first-order chi connectivity index (χ1) is 11.9. The van der Waals surface area contributed by atoms with Gasteiger partial charge in [0.05, 0.1) is 25.4 Å². The number of morpholine rings is 1. The standard InChI is InChI=1S/C18H27N3O4/c1-13(2)15-4-3-14(16(22)19-15)17(23)21-6-5-18(24,12-21)11-20-7-9-25-10-8-20/h3-4,13,24H,5-12H2,1-2H3,(H,19,22)/t18-/m0/s1. The van der Waals surface area contributed by atoms with E-state index < -0.39 is 5.60 Å². The lowest BCUT2D eigenvalue weighted by Gasteiger charge is -2.33. The van der Waals surface area contributed by atoms with E-state index in [-0.39, 0.29) is 29.5 Å². The third-order valence-corrected chi connectivity index (χ3v) is 5.03. The molecule has 0 radical (unpaired) electrons. The number of ether oxygens (including phenoxy) is 1. The van der Waals surface area contributed by atoms with Crippen molar-refractivity contribution in [1.82, 2.24) is 14.8 Å². The summed E-state index contributed by atoms with van der Waals surface area (Å²) in [5.41, 5.74) is -0.330. The Morgan fingerprint density at radius 2 is 2.04 bits per heavy atom. The van der Waals surface area contributed by atoms with Crippen LogP contribution in [0.1, 0.15) is 42.2 Å². The van der Waals surface area contributed by atoms with Gasteiger partial charge in [-0.15, -0.1) is 0 Å². The van der Waals surface area contributed by atoms with Crippen LogP contribution in [0.3, 0.4) is 0 Å². The molecule has 2 aliphatic heterocycles. The third kappa shape index (κ3) is 4.11. The second kappa shape index (κ2) is 7.27. The predicted molar refractivity (Wildman–Crippen MR) is 93.9 cm³/mol. The van der Waals surface area contributed by atoms with E-state index in [2.05, 4.69) is 9.88 Å². The number of likely N-dealkylation sites (tertiary alicyclic amines) is 1. The van der Waals surface area contributed by atoms with Crippen LogP contribution in [0.5, 0.6) is 0 Å². The number of carbonyl (C=O) groups excluding carboxylic acids is 1. The van der Waals surface area contributed by atoms with E-state index in [1.54, 1.807) is 17.0 Å². The minimum absolute atomic E-state index is 0.139. The monoisotopic (exact) mass is 349 g/mol. The number of aliphatic hydroxyl groups is 1. The summed E-state index contributed by atoms with van der Waals surface area (Å²) in [6.07, 6.45) is 0.526. The lowest BCUT2D eigenvalue weighted by atomic mass is 10.0. The Morgan fingerprint density at radius 1 is 1.32 bits per heavy atom. The van der Waals surface area contributed by atoms with Crippen LogP contribution in [0.2, 0.25) is 0 Å². The Hall–Kier alpha value is -1.70. The van der Waals surface area contributed by atoms with Crippen molar-refractivity contribution in [3.63, 3.8) is 0 Å². The summed E-state index contributed by atoms with van der Waals surface area (Å²) in [4.78, 5) is 31.5. The maximum Gasteiger partial charge on any atom is 0.261 e. The minimum atomic E-state index is -0.919. The Labute approximate surface area is 147 Å². The number of pyridine rings is 1. The molecule has 1 atom stereocenters. The first-order valence-corrected chi connectivity index (χ1v) is 8.93. The summed E-state index contributed by atoms with van der Waals surface area (Å²) in [6, 6.07) is 3.38. The number of hydrogen-bond acceptors (Lipinski definition) is 5. The SMILES string of the molecule is CC(C)c1ccc(C(=O)N2CC[C@](O)(CN3CCOCC3)C2)c(=O)[nH]1. The molecule has 2 saturated heterocycles. The van der Waals surface area contributed by atoms with E-state index in [0.717, 1.165) is 18.8 Å². The van der Waals surface area contributed by atoms with E-state index >= 15 is 0 Å². The number of carbonyl (C=O) groups is 1. The van der Waals surface area contributed by atoms with Crippen LogP contribution in [0.15, 0.2) is 16.9 Å². The van der Waals surface area contributed by atoms with Gasteiger partial charge in [0, 0.05) is 31.9 Å². The Bertz CT molecular complexity index is 681. The van der Waals surface area contributed by atoms with Gasteiger partial charge in [0.15, 0.2) is 0 Å². The number of aromatic nitrogens is 1. The number of nitrogens with one attached hydrogen (secondary N) is 1. The second-order valence-corrected chi connectivity index (χ2v) is 7.40. The van der Waals surface area contributed by atoms with Crippen LogP contribution in [0.25, 0.3) is 0 Å². The lowest BCUT2D eigenvalue weighted by molar-refractivity contribution is -0.0257. The van der Waals surface area contributed by atoms with Gasteiger partial charge in [0.25, 0.3) is 11.5 Å². The number of nitrogens with zero attached hydrogens (tertiary/aromatic N) is 2. The van der Waals surface area contributed by atoms with Crippen LogP contribution >= 0.6 is 0 Å². The molecule has 7 heteroatoms. The highest BCUT2D eigenvalue weighted by molar-refractivity contribution is 5.94. The molecule has 7 nitrogen and oxygen atoms in total. The molecule has 25 heavy (non-hydrogen) atoms. The highest BCUT2D eigenvalue weighted by Crippen LogP contribution is 2.24. The Morgan fingerprint density at radius 3 is 2.68 bits per heavy atom. The smallest absolute Gasteiger partial charge is 0.261 e. The molecule has 3 rings (SSSR count). The molecule has 0 aromatic carbocycles. The van der Waals surface area contributed by atoms with Crippen LogP contribution in [-0.4, -0.2) is 77.3 Å². The molecule has 1 aromatic rings. The summed E-state index contributed by atoms with van der Waals surface area (Å²) in [7, 11) is 0. The highest BCUT2D eigenvalue weighted by Gasteiger charge is 2.40. The van der Waals surface area contributed by atoms with E-state index in [1.807, 2.05) is 13.8 Å². The number of β-amino-alcohol motifs (C(OH)–C–C–N with tert-alkyl or cyclic N) is 1. The summed E-state index contributed by atoms with van der Waals surface area (Å²) in [5, 5.41) is 10.8. The van der Waals surface area contributed by atoms with Crippen molar-refractivity contribution in [3.05, 3.63) is 33.7 Å². The average molecular weight is 349 g/mol. The molecule has 0 aliphatic carbocycles. The minimum Gasteiger partial charge on any atom is -0.387 e. The molecule has 2 aliphatic rings. The molecule has 1 aromatic heterocycles. The maximum atomic E-state index is 12.7. The zero-order valence-electron chi connectivity index (χ0n) is 15.0. The van der Waals surface area contributed by atoms with Crippen LogP contribution < -0.4 is 5.56 Å². The predicted octanol–water partition coefficient (Wildman–Crippen LogP) is 0.408. The molecule has 0 unspecified atom stereocenters. The van der Waals surface area contributed by atoms with Crippen molar-refractivity contribution in [2.75, 3.05) is 45.9 Å². The van der Waals surface area contributed by atoms with Crippen LogP contribution in [-0.2, 0) is 4.74 Å². The van der Waals surface area contributed by atoms with Gasteiger partial charge in [-0.25, -0.2) is 0 Å². The van der Waals surface area contributed by atoms with Crippen LogP contribution in [0, 0.1) is 0 Å². The fourth-order valence-corrected chi connectivity index (χ4v) is 3.50. The topological polar surface area (TPSA) is 85.9 Å². The average Bonchev–Trinajstić information content (AvgIpc) is 2.97. The van der Waals surface area contributed by atoms with Crippen molar-refractivity contribution in [3.8, 4) is 0 Å². The van der Waals surface area contributed by atoms with Gasteiger partial charge >= 0.3 is 0 Å². The molecular formula is C18H27N3O4. The van der Waals surface area contributed by atoms with Gasteiger partial charge in [0.1, 0.15) is 5.56 Å². The molecule has 1 amide bonds. The van der Waals surface area contributed by atoms with Crippen LogP contribution in [0.4, 0.5) is 0 Å². The summed E-state index contributed by atoms with van der Waals surface area (Å²) < 4.78 is 5.33. The lowest BCUT2D eigenvalue weighted by Crippen LogP contribution is -2.49. The number of H-pyrrole nitrogens is 1. The number of aromatic amines is 1. The van der Waals surface area contributed by atoms with Crippen molar-refractivity contribution >= 4 is 5.91 Å². The Balaban J connectivity index is 1.67. The van der Waals surface area contributed by atoms with Crippen molar-refractivity contribution < 1.29 is 14.6 Å². The van der Waals surface area contributed by atoms with Gasteiger partial charge in [0.2, 0.25) is 0 Å². The van der Waals surface area contributed by atoms with E-state index in [9.17, 15) is 14.7 Å². The van der Waals surface area contributed by atoms with Crippen molar-refractivity contribution in [1.29, 1.82) is 0 Å². The molecule has 3 heterocycles. The molecular weight excluding hydrogens is 322 g/mol. The van der Waals surface area contributed by atoms with Gasteiger partial charge in [-0.05, 0) is 24.5 Å². The molecule has 0 saturated carbocycles. The number of amides is 1. The maximum absolute atomic E-state index is 12.7. The molecule has 0 bridgehead atoms. The van der Waals surface area contributed by atoms with Crippen molar-refractivity contribution in [2.45, 2.75) is 31.8 Å². The van der Waals surface area contributed by atoms with Crippen molar-refractivity contribution in [2.24, 2.45) is 0 Å². The van der Waals surface area contributed by atoms with Gasteiger partial charge in [-0.2, -0.15) is 0 Å². The summed E-state index contributed by atoms with van der Waals surface area (Å²) >= 11 is 0. The number of rotatable bonds is 4. The summed E-state index contributed by atoms with van der Waals surface area (Å²) in [6.45, 7) is 8.17. The van der Waals surface area contributed by atoms with E-state index in [4.69, 9.17) is 4.74 Å². The first-order valence-electron chi connectivity index (χ1n) is 8.93. The normalized spacial score (nSPS) is 24.9. The van der Waals surface area contributed by atoms with Gasteiger partial charge in [-0.1, -0.05) is 13.8 Å². The molecule has 2 fully saturated rings. The second-order valence-electron chi connectivity index (χ2n) is 7.40. The van der Waals surface area contributed by atoms with Gasteiger partial charge < -0.3 is 19.7 Å². The molecule has 0 spiro atoms. The fourth-order valence-electron chi connectivity index (χ4n) is 3.50. The summed E-state index contributed by atoms with van der Waals surface area (Å²) in [5.74, 6) is -0.114. The quantitative estimate of drug-likeness (QED) is 0.822. The van der Waals surface area contributed by atoms with E-state index in [1.165, 1.54) is 0 Å². The van der Waals surface area contributed by atoms with Gasteiger partial charge in [-0.3, -0.25) is 14.5 Å². The first kappa shape index (κ1) is 18.1. The van der Waals surface area contributed by atoms with E-state index in [0.29, 0.717) is 32.7 Å². The third-order valence-electron chi connectivity index (χ3n) is 5.03. The fraction of sp³-hybridized carbons (Fsp3) is 0.667. The molecule has 2 N–H and O–H groups in total.